The van der Waals surface area contributed by atoms with Crippen molar-refractivity contribution < 1.29 is 37.0 Å². The van der Waals surface area contributed by atoms with E-state index in [1.807, 2.05) is 0 Å². The summed E-state index contributed by atoms with van der Waals surface area (Å²) in [4.78, 5) is 39.8. The Labute approximate surface area is 200 Å². The second kappa shape index (κ2) is 12.6. The third-order valence-corrected chi connectivity index (χ3v) is 6.95. The first-order valence-electron chi connectivity index (χ1n) is 11.0. The summed E-state index contributed by atoms with van der Waals surface area (Å²) in [6.45, 7) is 2.51. The Morgan fingerprint density at radius 2 is 1.88 bits per heavy atom. The highest BCUT2D eigenvalue weighted by Crippen LogP contribution is 2.29. The van der Waals surface area contributed by atoms with E-state index in [4.69, 9.17) is 14.2 Å². The van der Waals surface area contributed by atoms with Crippen molar-refractivity contribution in [2.24, 2.45) is 5.92 Å². The van der Waals surface area contributed by atoms with Gasteiger partial charge in [-0.15, -0.1) is 0 Å². The normalized spacial score (nSPS) is 16.0. The average Bonchev–Trinajstić information content (AvgIpc) is 2.83. The predicted molar refractivity (Wildman–Crippen MR) is 123 cm³/mol. The maximum Gasteiger partial charge on any atom is 0.310 e. The summed E-state index contributed by atoms with van der Waals surface area (Å²) < 4.78 is 42.7. The van der Waals surface area contributed by atoms with Crippen molar-refractivity contribution in [1.82, 2.24) is 14.5 Å². The van der Waals surface area contributed by atoms with Gasteiger partial charge in [0.2, 0.25) is 21.8 Å². The molecule has 12 heteroatoms. The van der Waals surface area contributed by atoms with Crippen LogP contribution >= 0.6 is 0 Å². The Morgan fingerprint density at radius 1 is 1.18 bits per heavy atom. The number of hydrogen-bond acceptors (Lipinski definition) is 8. The summed E-state index contributed by atoms with van der Waals surface area (Å²) in [6, 6.07) is 4.18. The molecule has 0 saturated carbocycles. The molecule has 1 N–H and O–H groups in total. The molecule has 0 spiro atoms. The highest BCUT2D eigenvalue weighted by molar-refractivity contribution is 7.89. The maximum atomic E-state index is 12.6. The zero-order chi connectivity index (χ0) is 25.3. The smallest absolute Gasteiger partial charge is 0.310 e. The van der Waals surface area contributed by atoms with E-state index < -0.39 is 10.0 Å². The fraction of sp³-hybridized carbons (Fsp3) is 0.591. The predicted octanol–water partition coefficient (Wildman–Crippen LogP) is 0.632. The van der Waals surface area contributed by atoms with Gasteiger partial charge in [-0.05, 0) is 31.9 Å². The highest BCUT2D eigenvalue weighted by Gasteiger charge is 2.30. The van der Waals surface area contributed by atoms with Crippen LogP contribution in [0.3, 0.4) is 0 Å². The number of likely N-dealkylation sites (N-methyl/N-ethyl adjacent to an activating group) is 1. The summed E-state index contributed by atoms with van der Waals surface area (Å²) in [6.07, 6.45) is 1.23. The van der Waals surface area contributed by atoms with Crippen molar-refractivity contribution in [3.8, 4) is 11.5 Å². The molecule has 0 bridgehead atoms. The zero-order valence-electron chi connectivity index (χ0n) is 20.0. The van der Waals surface area contributed by atoms with Gasteiger partial charge in [-0.25, -0.2) is 13.1 Å². The number of ether oxygens (including phenoxy) is 3. The first kappa shape index (κ1) is 27.4. The van der Waals surface area contributed by atoms with Gasteiger partial charge in [0, 0.05) is 39.2 Å². The molecule has 0 aliphatic carbocycles. The van der Waals surface area contributed by atoms with Gasteiger partial charge >= 0.3 is 5.97 Å². The Kier molecular flexibility index (Phi) is 10.1. The Balaban J connectivity index is 1.85. The van der Waals surface area contributed by atoms with E-state index in [2.05, 4.69) is 4.72 Å². The number of piperidine rings is 1. The number of amides is 2. The first-order valence-corrected chi connectivity index (χ1v) is 12.5. The summed E-state index contributed by atoms with van der Waals surface area (Å²) in [7, 11) is 0.455. The van der Waals surface area contributed by atoms with Crippen molar-refractivity contribution >= 4 is 27.8 Å². The van der Waals surface area contributed by atoms with E-state index in [1.165, 1.54) is 44.4 Å². The Bertz CT molecular complexity index is 982. The van der Waals surface area contributed by atoms with E-state index in [1.54, 1.807) is 11.8 Å². The molecule has 1 aromatic carbocycles. The molecule has 11 nitrogen and oxygen atoms in total. The fourth-order valence-corrected chi connectivity index (χ4v) is 4.64. The molecular weight excluding hydrogens is 466 g/mol. The van der Waals surface area contributed by atoms with Crippen LogP contribution in [0.1, 0.15) is 26.2 Å². The van der Waals surface area contributed by atoms with E-state index >= 15 is 0 Å². The summed E-state index contributed by atoms with van der Waals surface area (Å²) in [5.41, 5.74) is 0. The average molecular weight is 500 g/mol. The molecule has 1 atom stereocenters. The molecule has 1 aliphatic rings. The fourth-order valence-electron chi connectivity index (χ4n) is 3.60. The number of carbonyl (C=O) groups excluding carboxylic acids is 3. The molecule has 1 unspecified atom stereocenters. The topological polar surface area (TPSA) is 132 Å². The molecule has 34 heavy (non-hydrogen) atoms. The van der Waals surface area contributed by atoms with Gasteiger partial charge in [-0.3, -0.25) is 14.4 Å². The summed E-state index contributed by atoms with van der Waals surface area (Å²) in [5.74, 6) is -0.665. The minimum absolute atomic E-state index is 0.0256. The number of hydrogen-bond donors (Lipinski definition) is 1. The molecule has 1 aliphatic heterocycles. The molecule has 0 radical (unpaired) electrons. The lowest BCUT2D eigenvalue weighted by molar-refractivity contribution is -0.152. The van der Waals surface area contributed by atoms with E-state index in [0.29, 0.717) is 25.1 Å². The van der Waals surface area contributed by atoms with Crippen molar-refractivity contribution in [3.63, 3.8) is 0 Å². The third-order valence-electron chi connectivity index (χ3n) is 5.49. The van der Waals surface area contributed by atoms with Crippen molar-refractivity contribution in [3.05, 3.63) is 18.2 Å². The molecule has 1 saturated heterocycles. The van der Waals surface area contributed by atoms with Crippen molar-refractivity contribution in [1.29, 1.82) is 0 Å². The molecular formula is C22H33N3O8S. The number of rotatable bonds is 11. The van der Waals surface area contributed by atoms with Crippen LogP contribution in [0.5, 0.6) is 11.5 Å². The molecule has 2 rings (SSSR count). The Hall–Kier alpha value is -2.86. The van der Waals surface area contributed by atoms with E-state index in [9.17, 15) is 22.8 Å². The number of nitrogens with zero attached hydrogens (tertiary/aromatic N) is 2. The van der Waals surface area contributed by atoms with E-state index in [-0.39, 0.29) is 67.0 Å². The number of methoxy groups -OCH3 is 2. The lowest BCUT2D eigenvalue weighted by atomic mass is 9.98. The van der Waals surface area contributed by atoms with Crippen LogP contribution in [0.25, 0.3) is 0 Å². The zero-order valence-corrected chi connectivity index (χ0v) is 20.9. The van der Waals surface area contributed by atoms with Crippen LogP contribution in [0.2, 0.25) is 0 Å². The minimum Gasteiger partial charge on any atom is -0.493 e. The van der Waals surface area contributed by atoms with Crippen LogP contribution in [0.15, 0.2) is 23.1 Å². The number of esters is 1. The number of benzene rings is 1. The van der Waals surface area contributed by atoms with Crippen LogP contribution in [0.4, 0.5) is 0 Å². The van der Waals surface area contributed by atoms with Crippen LogP contribution in [-0.2, 0) is 29.1 Å². The van der Waals surface area contributed by atoms with Crippen LogP contribution < -0.4 is 14.2 Å². The number of carbonyl (C=O) groups is 3. The molecule has 1 heterocycles. The van der Waals surface area contributed by atoms with Crippen molar-refractivity contribution in [2.75, 3.05) is 54.1 Å². The van der Waals surface area contributed by atoms with Gasteiger partial charge in [-0.1, -0.05) is 0 Å². The summed E-state index contributed by atoms with van der Waals surface area (Å²) in [5, 5.41) is 0. The summed E-state index contributed by atoms with van der Waals surface area (Å²) >= 11 is 0. The standard InChI is InChI=1S/C22H33N3O8S/c1-5-33-22(28)16-7-6-12-25(14-16)21(27)15-24(2)20(26)10-11-23-34(29,30)17-8-9-18(31-3)19(13-17)32-4/h8-9,13,16,23H,5-7,10-12,14-15H2,1-4H3. The lowest BCUT2D eigenvalue weighted by Gasteiger charge is -2.32. The molecule has 1 aromatic rings. The maximum absolute atomic E-state index is 12.6. The van der Waals surface area contributed by atoms with Crippen LogP contribution in [-0.4, -0.2) is 90.1 Å². The van der Waals surface area contributed by atoms with Crippen LogP contribution in [0, 0.1) is 5.92 Å². The van der Waals surface area contributed by atoms with Gasteiger partial charge in [0.05, 0.1) is 38.2 Å². The number of nitrogens with one attached hydrogen (secondary N) is 1. The van der Waals surface area contributed by atoms with Gasteiger partial charge in [0.15, 0.2) is 11.5 Å². The lowest BCUT2D eigenvalue weighted by Crippen LogP contribution is -2.47. The van der Waals surface area contributed by atoms with E-state index in [0.717, 1.165) is 0 Å². The quantitative estimate of drug-likeness (QED) is 0.439. The monoisotopic (exact) mass is 499 g/mol. The highest BCUT2D eigenvalue weighted by atomic mass is 32.2. The molecule has 2 amide bonds. The van der Waals surface area contributed by atoms with Gasteiger partial charge < -0.3 is 24.0 Å². The largest absolute Gasteiger partial charge is 0.493 e. The molecule has 190 valence electrons. The van der Waals surface area contributed by atoms with Gasteiger partial charge in [-0.2, -0.15) is 0 Å². The number of sulfonamides is 1. The molecule has 0 aromatic heterocycles. The van der Waals surface area contributed by atoms with Gasteiger partial charge in [0.25, 0.3) is 0 Å². The number of likely N-dealkylation sites (tertiary alicyclic amines) is 1. The minimum atomic E-state index is -3.87. The third kappa shape index (κ3) is 7.32. The van der Waals surface area contributed by atoms with Gasteiger partial charge in [0.1, 0.15) is 0 Å². The molecule has 1 fully saturated rings. The second-order valence-corrected chi connectivity index (χ2v) is 9.61. The second-order valence-electron chi connectivity index (χ2n) is 7.85. The Morgan fingerprint density at radius 3 is 2.53 bits per heavy atom. The SMILES string of the molecule is CCOC(=O)C1CCCN(C(=O)CN(C)C(=O)CCNS(=O)(=O)c2ccc(OC)c(OC)c2)C1. The van der Waals surface area contributed by atoms with Crippen molar-refractivity contribution in [2.45, 2.75) is 31.1 Å². The first-order chi connectivity index (χ1) is 16.1.